The van der Waals surface area contributed by atoms with Gasteiger partial charge in [0.2, 0.25) is 0 Å². The standard InChI is InChI=1S/C14H15IO4/c1-3-18-13-7-5-10(9-11(13)15)12(16)6-8-14(17)19-4-2/h5-9H,3-4H2,1-2H3. The second kappa shape index (κ2) is 7.93. The van der Waals surface area contributed by atoms with E-state index in [2.05, 4.69) is 22.6 Å². The van der Waals surface area contributed by atoms with Crippen molar-refractivity contribution in [2.75, 3.05) is 13.2 Å². The van der Waals surface area contributed by atoms with Gasteiger partial charge in [-0.2, -0.15) is 0 Å². The van der Waals surface area contributed by atoms with Gasteiger partial charge < -0.3 is 9.47 Å². The van der Waals surface area contributed by atoms with Gasteiger partial charge in [-0.15, -0.1) is 0 Å². The number of rotatable bonds is 6. The Labute approximate surface area is 125 Å². The Kier molecular flexibility index (Phi) is 6.55. The van der Waals surface area contributed by atoms with E-state index < -0.39 is 5.97 Å². The predicted molar refractivity (Wildman–Crippen MR) is 80.4 cm³/mol. The molecular formula is C14H15IO4. The van der Waals surface area contributed by atoms with Crippen LogP contribution in [0.3, 0.4) is 0 Å². The third kappa shape index (κ3) is 5.02. The lowest BCUT2D eigenvalue weighted by Gasteiger charge is -2.06. The minimum atomic E-state index is -0.517. The van der Waals surface area contributed by atoms with Gasteiger partial charge in [-0.05, 0) is 60.7 Å². The summed E-state index contributed by atoms with van der Waals surface area (Å²) in [7, 11) is 0. The fraction of sp³-hybridized carbons (Fsp3) is 0.286. The van der Waals surface area contributed by atoms with E-state index in [-0.39, 0.29) is 12.4 Å². The Balaban J connectivity index is 2.78. The topological polar surface area (TPSA) is 52.6 Å². The second-order valence-electron chi connectivity index (χ2n) is 3.53. The molecule has 5 heteroatoms. The van der Waals surface area contributed by atoms with E-state index in [0.717, 1.165) is 15.4 Å². The number of ketones is 1. The maximum Gasteiger partial charge on any atom is 0.330 e. The average molecular weight is 374 g/mol. The summed E-state index contributed by atoms with van der Waals surface area (Å²) < 4.78 is 11.0. The first-order valence-corrected chi connectivity index (χ1v) is 6.97. The van der Waals surface area contributed by atoms with Crippen LogP contribution in [0.25, 0.3) is 0 Å². The summed E-state index contributed by atoms with van der Waals surface area (Å²) in [6, 6.07) is 5.14. The van der Waals surface area contributed by atoms with Gasteiger partial charge in [-0.1, -0.05) is 0 Å². The van der Waals surface area contributed by atoms with Crippen LogP contribution in [0.5, 0.6) is 5.75 Å². The Morgan fingerprint density at radius 2 is 1.95 bits per heavy atom. The summed E-state index contributed by atoms with van der Waals surface area (Å²) in [4.78, 5) is 22.9. The van der Waals surface area contributed by atoms with E-state index in [9.17, 15) is 9.59 Å². The average Bonchev–Trinajstić information content (AvgIpc) is 2.39. The Morgan fingerprint density at radius 3 is 2.53 bits per heavy atom. The normalized spacial score (nSPS) is 10.5. The Morgan fingerprint density at radius 1 is 1.21 bits per heavy atom. The maximum atomic E-state index is 11.8. The molecule has 0 bridgehead atoms. The van der Waals surface area contributed by atoms with Crippen molar-refractivity contribution >= 4 is 34.3 Å². The van der Waals surface area contributed by atoms with Crippen molar-refractivity contribution in [3.05, 3.63) is 39.5 Å². The van der Waals surface area contributed by atoms with E-state index in [4.69, 9.17) is 9.47 Å². The molecule has 0 heterocycles. The zero-order valence-electron chi connectivity index (χ0n) is 10.8. The number of ether oxygens (including phenoxy) is 2. The molecule has 0 unspecified atom stereocenters. The van der Waals surface area contributed by atoms with E-state index in [1.165, 1.54) is 6.08 Å². The molecule has 0 aliphatic rings. The van der Waals surface area contributed by atoms with Crippen molar-refractivity contribution in [2.24, 2.45) is 0 Å². The van der Waals surface area contributed by atoms with Gasteiger partial charge in [0.15, 0.2) is 5.78 Å². The molecule has 0 aromatic heterocycles. The molecule has 0 saturated heterocycles. The van der Waals surface area contributed by atoms with Crippen molar-refractivity contribution in [3.63, 3.8) is 0 Å². The molecule has 4 nitrogen and oxygen atoms in total. The quantitative estimate of drug-likeness (QED) is 0.333. The van der Waals surface area contributed by atoms with Crippen LogP contribution in [0.1, 0.15) is 24.2 Å². The van der Waals surface area contributed by atoms with Gasteiger partial charge >= 0.3 is 5.97 Å². The lowest BCUT2D eigenvalue weighted by atomic mass is 10.1. The number of esters is 1. The first-order chi connectivity index (χ1) is 9.08. The lowest BCUT2D eigenvalue weighted by Crippen LogP contribution is -2.02. The SMILES string of the molecule is CCOC(=O)C=CC(=O)c1ccc(OCC)c(I)c1. The number of halogens is 1. The van der Waals surface area contributed by atoms with Crippen LogP contribution >= 0.6 is 22.6 Å². The summed E-state index contributed by atoms with van der Waals surface area (Å²) in [6.07, 6.45) is 2.35. The van der Waals surface area contributed by atoms with Gasteiger partial charge in [0.1, 0.15) is 5.75 Å². The number of hydrogen-bond acceptors (Lipinski definition) is 4. The third-order valence-corrected chi connectivity index (χ3v) is 3.02. The zero-order chi connectivity index (χ0) is 14.3. The highest BCUT2D eigenvalue weighted by Crippen LogP contribution is 2.22. The molecule has 0 spiro atoms. The summed E-state index contributed by atoms with van der Waals surface area (Å²) in [6.45, 7) is 4.48. The number of hydrogen-bond donors (Lipinski definition) is 0. The predicted octanol–water partition coefficient (Wildman–Crippen LogP) is 2.99. The summed E-state index contributed by atoms with van der Waals surface area (Å²) >= 11 is 2.10. The van der Waals surface area contributed by atoms with Gasteiger partial charge in [0.05, 0.1) is 16.8 Å². The largest absolute Gasteiger partial charge is 0.493 e. The summed E-state index contributed by atoms with van der Waals surface area (Å²) in [5, 5.41) is 0. The number of allylic oxidation sites excluding steroid dienone is 1. The Bertz CT molecular complexity index is 494. The van der Waals surface area contributed by atoms with Crippen molar-refractivity contribution in [1.29, 1.82) is 0 Å². The molecule has 1 rings (SSSR count). The van der Waals surface area contributed by atoms with E-state index in [0.29, 0.717) is 12.2 Å². The molecule has 0 aliphatic heterocycles. The molecule has 0 saturated carbocycles. The molecule has 0 aliphatic carbocycles. The smallest absolute Gasteiger partial charge is 0.330 e. The molecule has 0 radical (unpaired) electrons. The van der Waals surface area contributed by atoms with Gasteiger partial charge in [-0.25, -0.2) is 4.79 Å². The summed E-state index contributed by atoms with van der Waals surface area (Å²) in [5.41, 5.74) is 0.508. The lowest BCUT2D eigenvalue weighted by molar-refractivity contribution is -0.137. The highest BCUT2D eigenvalue weighted by molar-refractivity contribution is 14.1. The first-order valence-electron chi connectivity index (χ1n) is 5.90. The molecule has 19 heavy (non-hydrogen) atoms. The van der Waals surface area contributed by atoms with E-state index in [1.54, 1.807) is 25.1 Å². The summed E-state index contributed by atoms with van der Waals surface area (Å²) in [5.74, 6) is -0.0143. The molecule has 102 valence electrons. The van der Waals surface area contributed by atoms with Crippen molar-refractivity contribution < 1.29 is 19.1 Å². The van der Waals surface area contributed by atoms with Crippen LogP contribution in [0.15, 0.2) is 30.4 Å². The fourth-order valence-electron chi connectivity index (χ4n) is 1.36. The molecule has 0 atom stereocenters. The molecule has 0 fully saturated rings. The molecule has 0 N–H and O–H groups in total. The van der Waals surface area contributed by atoms with Crippen LogP contribution in [0.2, 0.25) is 0 Å². The molecule has 0 amide bonds. The molecular weight excluding hydrogens is 359 g/mol. The third-order valence-electron chi connectivity index (χ3n) is 2.17. The number of benzene rings is 1. The van der Waals surface area contributed by atoms with Crippen LogP contribution < -0.4 is 4.74 Å². The monoisotopic (exact) mass is 374 g/mol. The fourth-order valence-corrected chi connectivity index (χ4v) is 2.03. The van der Waals surface area contributed by atoms with Crippen molar-refractivity contribution in [3.8, 4) is 5.75 Å². The van der Waals surface area contributed by atoms with Crippen molar-refractivity contribution in [2.45, 2.75) is 13.8 Å². The van der Waals surface area contributed by atoms with Crippen LogP contribution in [-0.4, -0.2) is 25.0 Å². The molecule has 1 aromatic rings. The van der Waals surface area contributed by atoms with E-state index in [1.807, 2.05) is 6.92 Å². The first kappa shape index (κ1) is 15.7. The second-order valence-corrected chi connectivity index (χ2v) is 4.69. The zero-order valence-corrected chi connectivity index (χ0v) is 13.0. The number of carbonyl (C=O) groups excluding carboxylic acids is 2. The van der Waals surface area contributed by atoms with Crippen LogP contribution in [0.4, 0.5) is 0 Å². The minimum Gasteiger partial charge on any atom is -0.493 e. The van der Waals surface area contributed by atoms with Gasteiger partial charge in [0.25, 0.3) is 0 Å². The van der Waals surface area contributed by atoms with E-state index >= 15 is 0 Å². The van der Waals surface area contributed by atoms with Crippen LogP contribution in [-0.2, 0) is 9.53 Å². The Hall–Kier alpha value is -1.37. The molecule has 1 aromatic carbocycles. The highest BCUT2D eigenvalue weighted by Gasteiger charge is 2.07. The van der Waals surface area contributed by atoms with Crippen LogP contribution in [0, 0.1) is 3.57 Å². The van der Waals surface area contributed by atoms with Crippen molar-refractivity contribution in [1.82, 2.24) is 0 Å². The number of carbonyl (C=O) groups is 2. The highest BCUT2D eigenvalue weighted by atomic mass is 127. The minimum absolute atomic E-state index is 0.242. The van der Waals surface area contributed by atoms with Gasteiger partial charge in [-0.3, -0.25) is 4.79 Å². The maximum absolute atomic E-state index is 11.8. The van der Waals surface area contributed by atoms with Gasteiger partial charge in [0, 0.05) is 11.6 Å².